The van der Waals surface area contributed by atoms with E-state index in [4.69, 9.17) is 0 Å². The molecule has 5 nitrogen and oxygen atoms in total. The Bertz CT molecular complexity index is 620. The van der Waals surface area contributed by atoms with Crippen LogP contribution in [0.1, 0.15) is 23.5 Å². The van der Waals surface area contributed by atoms with Gasteiger partial charge >= 0.3 is 5.69 Å². The molecule has 0 spiro atoms. The van der Waals surface area contributed by atoms with E-state index in [0.29, 0.717) is 9.88 Å². The summed E-state index contributed by atoms with van der Waals surface area (Å²) in [5, 5.41) is 21.3. The Morgan fingerprint density at radius 1 is 1.35 bits per heavy atom. The summed E-state index contributed by atoms with van der Waals surface area (Å²) in [5.41, 5.74) is 2.03. The summed E-state index contributed by atoms with van der Waals surface area (Å²) in [6.45, 7) is 3.59. The van der Waals surface area contributed by atoms with Crippen LogP contribution in [-0.4, -0.2) is 17.1 Å². The highest BCUT2D eigenvalue weighted by Gasteiger charge is 2.24. The number of hydrogen-bond acceptors (Lipinski definition) is 5. The number of aliphatic hydroxyl groups is 1. The predicted molar refractivity (Wildman–Crippen MR) is 80.8 cm³/mol. The number of aliphatic hydroxyl groups excluding tert-OH is 1. The fraction of sp³-hybridized carbons (Fsp3) is 0.286. The summed E-state index contributed by atoms with van der Waals surface area (Å²) in [7, 11) is 1.79. The highest BCUT2D eigenvalue weighted by atomic mass is 32.1. The first-order valence-corrected chi connectivity index (χ1v) is 6.98. The second-order valence-electron chi connectivity index (χ2n) is 4.67. The van der Waals surface area contributed by atoms with Gasteiger partial charge in [-0.15, -0.1) is 11.3 Å². The molecule has 0 saturated heterocycles. The van der Waals surface area contributed by atoms with E-state index in [1.165, 1.54) is 17.4 Å². The van der Waals surface area contributed by atoms with E-state index in [1.807, 2.05) is 31.2 Å². The van der Waals surface area contributed by atoms with Gasteiger partial charge in [0.1, 0.15) is 0 Å². The van der Waals surface area contributed by atoms with Crippen LogP contribution in [0.15, 0.2) is 30.3 Å². The molecule has 1 aromatic carbocycles. The second kappa shape index (κ2) is 5.60. The van der Waals surface area contributed by atoms with Gasteiger partial charge in [0.05, 0.1) is 11.0 Å². The van der Waals surface area contributed by atoms with Crippen LogP contribution >= 0.6 is 11.3 Å². The highest BCUT2D eigenvalue weighted by molar-refractivity contribution is 7.16. The van der Waals surface area contributed by atoms with Crippen molar-refractivity contribution < 1.29 is 10.0 Å². The van der Waals surface area contributed by atoms with Gasteiger partial charge in [-0.05, 0) is 26.0 Å². The van der Waals surface area contributed by atoms with E-state index in [0.717, 1.165) is 11.3 Å². The fourth-order valence-corrected chi connectivity index (χ4v) is 2.90. The number of aryl methyl sites for hydroxylation is 1. The standard InChI is InChI=1S/C14H16N2O3S/c1-9-4-6-11(7-5-9)15(3)14-12(16(18)19)8-13(20-14)10(2)17/h4-8,10,17H,1-3H3. The molecule has 1 aromatic heterocycles. The van der Waals surface area contributed by atoms with Crippen molar-refractivity contribution in [3.05, 3.63) is 50.9 Å². The molecule has 0 bridgehead atoms. The van der Waals surface area contributed by atoms with Crippen molar-refractivity contribution in [2.24, 2.45) is 0 Å². The van der Waals surface area contributed by atoms with Crippen molar-refractivity contribution in [2.45, 2.75) is 20.0 Å². The lowest BCUT2D eigenvalue weighted by Crippen LogP contribution is -2.09. The van der Waals surface area contributed by atoms with Crippen LogP contribution in [0.4, 0.5) is 16.4 Å². The molecule has 106 valence electrons. The number of benzene rings is 1. The minimum atomic E-state index is -0.709. The Kier molecular flexibility index (Phi) is 4.06. The van der Waals surface area contributed by atoms with E-state index in [-0.39, 0.29) is 5.69 Å². The van der Waals surface area contributed by atoms with Gasteiger partial charge in [0.25, 0.3) is 0 Å². The Labute approximate surface area is 121 Å². The van der Waals surface area contributed by atoms with Crippen LogP contribution in [0.25, 0.3) is 0 Å². The van der Waals surface area contributed by atoms with Crippen molar-refractivity contribution in [1.29, 1.82) is 0 Å². The Balaban J connectivity index is 2.45. The normalized spacial score (nSPS) is 12.2. The number of hydrogen-bond donors (Lipinski definition) is 1. The molecular weight excluding hydrogens is 276 g/mol. The Hall–Kier alpha value is -1.92. The zero-order chi connectivity index (χ0) is 14.9. The number of nitro groups is 1. The van der Waals surface area contributed by atoms with Crippen LogP contribution < -0.4 is 4.90 Å². The zero-order valence-corrected chi connectivity index (χ0v) is 12.3. The van der Waals surface area contributed by atoms with Crippen molar-refractivity contribution in [3.63, 3.8) is 0 Å². The largest absolute Gasteiger partial charge is 0.388 e. The molecule has 1 atom stereocenters. The number of nitrogens with zero attached hydrogens (tertiary/aromatic N) is 2. The minimum absolute atomic E-state index is 0.0222. The van der Waals surface area contributed by atoms with Crippen LogP contribution in [0.2, 0.25) is 0 Å². The number of anilines is 2. The third-order valence-electron chi connectivity index (χ3n) is 3.05. The topological polar surface area (TPSA) is 66.6 Å². The summed E-state index contributed by atoms with van der Waals surface area (Å²) < 4.78 is 0. The SMILES string of the molecule is Cc1ccc(N(C)c2sc(C(C)O)cc2[N+](=O)[O-])cc1. The fourth-order valence-electron chi connectivity index (χ4n) is 1.85. The van der Waals surface area contributed by atoms with Gasteiger partial charge in [0, 0.05) is 23.7 Å². The van der Waals surface area contributed by atoms with Gasteiger partial charge in [-0.1, -0.05) is 17.7 Å². The molecule has 1 N–H and O–H groups in total. The van der Waals surface area contributed by atoms with Crippen LogP contribution in [0, 0.1) is 17.0 Å². The molecular formula is C14H16N2O3S. The molecule has 0 saturated carbocycles. The van der Waals surface area contributed by atoms with E-state index in [1.54, 1.807) is 18.9 Å². The molecule has 20 heavy (non-hydrogen) atoms. The summed E-state index contributed by atoms with van der Waals surface area (Å²) in [6.07, 6.45) is -0.709. The van der Waals surface area contributed by atoms with E-state index < -0.39 is 11.0 Å². The maximum absolute atomic E-state index is 11.2. The Morgan fingerprint density at radius 2 is 1.95 bits per heavy atom. The summed E-state index contributed by atoms with van der Waals surface area (Å²) in [5.74, 6) is 0. The Morgan fingerprint density at radius 3 is 2.45 bits per heavy atom. The van der Waals surface area contributed by atoms with Crippen LogP contribution in [0.3, 0.4) is 0 Å². The summed E-state index contributed by atoms with van der Waals surface area (Å²) in [4.78, 5) is 13.1. The van der Waals surface area contributed by atoms with Crippen LogP contribution in [0.5, 0.6) is 0 Å². The number of rotatable bonds is 4. The molecule has 0 aliphatic carbocycles. The van der Waals surface area contributed by atoms with Crippen molar-refractivity contribution in [1.82, 2.24) is 0 Å². The average Bonchev–Trinajstić information content (AvgIpc) is 2.84. The molecule has 0 fully saturated rings. The average molecular weight is 292 g/mol. The maximum Gasteiger partial charge on any atom is 0.304 e. The van der Waals surface area contributed by atoms with E-state index >= 15 is 0 Å². The summed E-state index contributed by atoms with van der Waals surface area (Å²) >= 11 is 1.24. The third kappa shape index (κ3) is 2.81. The van der Waals surface area contributed by atoms with Gasteiger partial charge in [0.2, 0.25) is 0 Å². The van der Waals surface area contributed by atoms with Crippen molar-refractivity contribution >= 4 is 27.7 Å². The van der Waals surface area contributed by atoms with Crippen molar-refractivity contribution in [2.75, 3.05) is 11.9 Å². The molecule has 1 unspecified atom stereocenters. The lowest BCUT2D eigenvalue weighted by molar-refractivity contribution is -0.383. The molecule has 2 rings (SSSR count). The molecule has 0 amide bonds. The third-order valence-corrected chi connectivity index (χ3v) is 4.42. The van der Waals surface area contributed by atoms with Gasteiger partial charge in [-0.2, -0.15) is 0 Å². The van der Waals surface area contributed by atoms with Gasteiger partial charge in [-0.25, -0.2) is 0 Å². The quantitative estimate of drug-likeness (QED) is 0.687. The van der Waals surface area contributed by atoms with E-state index in [9.17, 15) is 15.2 Å². The van der Waals surface area contributed by atoms with Crippen LogP contribution in [-0.2, 0) is 0 Å². The zero-order valence-electron chi connectivity index (χ0n) is 11.5. The molecule has 2 aromatic rings. The van der Waals surface area contributed by atoms with Gasteiger partial charge in [0.15, 0.2) is 5.00 Å². The van der Waals surface area contributed by atoms with Gasteiger partial charge in [-0.3, -0.25) is 10.1 Å². The lowest BCUT2D eigenvalue weighted by Gasteiger charge is -2.17. The monoisotopic (exact) mass is 292 g/mol. The van der Waals surface area contributed by atoms with Gasteiger partial charge < -0.3 is 10.0 Å². The molecule has 0 radical (unpaired) electrons. The lowest BCUT2D eigenvalue weighted by atomic mass is 10.2. The molecule has 6 heteroatoms. The first kappa shape index (κ1) is 14.5. The first-order chi connectivity index (χ1) is 9.40. The maximum atomic E-state index is 11.2. The smallest absolute Gasteiger partial charge is 0.304 e. The minimum Gasteiger partial charge on any atom is -0.388 e. The molecule has 0 aliphatic rings. The summed E-state index contributed by atoms with van der Waals surface area (Å²) in [6, 6.07) is 9.19. The number of thiophene rings is 1. The first-order valence-electron chi connectivity index (χ1n) is 6.16. The second-order valence-corrected chi connectivity index (χ2v) is 5.73. The van der Waals surface area contributed by atoms with E-state index in [2.05, 4.69) is 0 Å². The highest BCUT2D eigenvalue weighted by Crippen LogP contribution is 2.42. The predicted octanol–water partition coefficient (Wildman–Crippen LogP) is 3.79. The molecule has 1 heterocycles. The molecule has 0 aliphatic heterocycles. The van der Waals surface area contributed by atoms with Crippen molar-refractivity contribution in [3.8, 4) is 0 Å².